The van der Waals surface area contributed by atoms with Crippen LogP contribution in [-0.4, -0.2) is 69.2 Å². The van der Waals surface area contributed by atoms with E-state index in [1.54, 1.807) is 4.90 Å². The van der Waals surface area contributed by atoms with Crippen molar-refractivity contribution in [3.05, 3.63) is 23.2 Å². The number of urea groups is 1. The van der Waals surface area contributed by atoms with Gasteiger partial charge in [-0.15, -0.1) is 0 Å². The van der Waals surface area contributed by atoms with Crippen LogP contribution < -0.4 is 20.4 Å². The molecule has 8 heteroatoms. The van der Waals surface area contributed by atoms with Crippen LogP contribution in [0.5, 0.6) is 0 Å². The van der Waals surface area contributed by atoms with Crippen LogP contribution in [-0.2, 0) is 4.79 Å². The Kier molecular flexibility index (Phi) is 7.12. The molecule has 1 aromatic rings. The van der Waals surface area contributed by atoms with Crippen LogP contribution in [0.3, 0.4) is 0 Å². The minimum atomic E-state index is -0.395. The maximum Gasteiger partial charge on any atom is 0.328 e. The van der Waals surface area contributed by atoms with Crippen LogP contribution >= 0.6 is 11.6 Å². The van der Waals surface area contributed by atoms with Crippen LogP contribution in [0.2, 0.25) is 5.02 Å². The molecule has 4 rings (SSSR count). The molecule has 1 aromatic carbocycles. The zero-order chi connectivity index (χ0) is 20.9. The average molecular weight is 434 g/mol. The Labute approximate surface area is 183 Å². The summed E-state index contributed by atoms with van der Waals surface area (Å²) < 4.78 is 0. The summed E-state index contributed by atoms with van der Waals surface area (Å²) in [6, 6.07) is 5.48. The molecule has 3 aliphatic rings. The number of carbonyl (C=O) groups excluding carboxylic acids is 2. The number of piperidine rings is 1. The molecule has 0 aliphatic carbocycles. The largest absolute Gasteiger partial charge is 0.371 e. The fraction of sp³-hybridized carbons (Fsp3) is 0.636. The standard InChI is InChI=1S/C22H32ClN5O2/c23-19-4-3-18(16-20(19)28-13-7-21(29)25-22(28)30)27-11-5-17(6-12-27)2-1-10-26-14-8-24-9-15-26/h3-4,16-17,24H,1-2,5-15H2,(H,25,29,30). The summed E-state index contributed by atoms with van der Waals surface area (Å²) in [7, 11) is 0. The molecule has 0 bridgehead atoms. The number of rotatable bonds is 6. The molecule has 30 heavy (non-hydrogen) atoms. The number of benzene rings is 1. The third-order valence-corrected chi connectivity index (χ3v) is 6.87. The van der Waals surface area contributed by atoms with Gasteiger partial charge >= 0.3 is 6.03 Å². The maximum atomic E-state index is 12.2. The molecule has 0 radical (unpaired) electrons. The molecular formula is C22H32ClN5O2. The maximum absolute atomic E-state index is 12.2. The Morgan fingerprint density at radius 2 is 1.80 bits per heavy atom. The molecule has 3 amide bonds. The van der Waals surface area contributed by atoms with Gasteiger partial charge in [0.1, 0.15) is 0 Å². The van der Waals surface area contributed by atoms with Crippen LogP contribution in [0, 0.1) is 5.92 Å². The van der Waals surface area contributed by atoms with E-state index in [0.29, 0.717) is 23.7 Å². The molecular weight excluding hydrogens is 402 g/mol. The van der Waals surface area contributed by atoms with E-state index in [0.717, 1.165) is 37.8 Å². The molecule has 0 aromatic heterocycles. The van der Waals surface area contributed by atoms with Crippen molar-refractivity contribution in [3.8, 4) is 0 Å². The summed E-state index contributed by atoms with van der Waals surface area (Å²) >= 11 is 6.38. The van der Waals surface area contributed by atoms with E-state index in [1.165, 1.54) is 45.3 Å². The lowest BCUT2D eigenvalue weighted by Crippen LogP contribution is -2.49. The summed E-state index contributed by atoms with van der Waals surface area (Å²) in [6.45, 7) is 8.26. The topological polar surface area (TPSA) is 67.9 Å². The summed E-state index contributed by atoms with van der Waals surface area (Å²) in [5, 5.41) is 6.32. The number of anilines is 2. The second kappa shape index (κ2) is 9.98. The number of amides is 3. The molecule has 3 saturated heterocycles. The Bertz CT molecular complexity index is 760. The van der Waals surface area contributed by atoms with Crippen molar-refractivity contribution >= 4 is 34.9 Å². The third-order valence-electron chi connectivity index (χ3n) is 6.55. The first kappa shape index (κ1) is 21.4. The van der Waals surface area contributed by atoms with Gasteiger partial charge in [0.2, 0.25) is 5.91 Å². The minimum Gasteiger partial charge on any atom is -0.371 e. The number of nitrogens with one attached hydrogen (secondary N) is 2. The number of carbonyl (C=O) groups is 2. The van der Waals surface area contributed by atoms with Gasteiger partial charge in [0.15, 0.2) is 0 Å². The highest BCUT2D eigenvalue weighted by Gasteiger charge is 2.27. The predicted molar refractivity (Wildman–Crippen MR) is 120 cm³/mol. The highest BCUT2D eigenvalue weighted by molar-refractivity contribution is 6.34. The molecule has 2 N–H and O–H groups in total. The minimum absolute atomic E-state index is 0.234. The van der Waals surface area contributed by atoms with Crippen molar-refractivity contribution in [2.45, 2.75) is 32.1 Å². The van der Waals surface area contributed by atoms with E-state index < -0.39 is 6.03 Å². The smallest absolute Gasteiger partial charge is 0.328 e. The van der Waals surface area contributed by atoms with Gasteiger partial charge in [0.25, 0.3) is 0 Å². The lowest BCUT2D eigenvalue weighted by molar-refractivity contribution is -0.120. The van der Waals surface area contributed by atoms with E-state index in [2.05, 4.69) is 20.4 Å². The first-order valence-electron chi connectivity index (χ1n) is 11.2. The van der Waals surface area contributed by atoms with Crippen LogP contribution in [0.15, 0.2) is 18.2 Å². The molecule has 0 unspecified atom stereocenters. The van der Waals surface area contributed by atoms with Crippen LogP contribution in [0.1, 0.15) is 32.1 Å². The number of hydrogen-bond acceptors (Lipinski definition) is 5. The zero-order valence-electron chi connectivity index (χ0n) is 17.5. The quantitative estimate of drug-likeness (QED) is 0.722. The Morgan fingerprint density at radius 3 is 2.53 bits per heavy atom. The first-order chi connectivity index (χ1) is 14.6. The lowest BCUT2D eigenvalue weighted by Gasteiger charge is -2.35. The summed E-state index contributed by atoms with van der Waals surface area (Å²) in [5.74, 6) is 0.567. The van der Waals surface area contributed by atoms with Crippen LogP contribution in [0.25, 0.3) is 0 Å². The second-order valence-electron chi connectivity index (χ2n) is 8.55. The van der Waals surface area contributed by atoms with Crippen molar-refractivity contribution in [1.82, 2.24) is 15.5 Å². The van der Waals surface area contributed by atoms with Crippen molar-refractivity contribution in [2.24, 2.45) is 5.92 Å². The van der Waals surface area contributed by atoms with E-state index >= 15 is 0 Å². The van der Waals surface area contributed by atoms with Gasteiger partial charge in [-0.05, 0) is 56.3 Å². The summed E-state index contributed by atoms with van der Waals surface area (Å²) in [5.41, 5.74) is 1.77. The predicted octanol–water partition coefficient (Wildman–Crippen LogP) is 2.69. The summed E-state index contributed by atoms with van der Waals surface area (Å²) in [6.07, 6.45) is 5.31. The van der Waals surface area contributed by atoms with E-state index in [9.17, 15) is 9.59 Å². The number of halogens is 1. The highest BCUT2D eigenvalue weighted by Crippen LogP contribution is 2.34. The fourth-order valence-electron chi connectivity index (χ4n) is 4.72. The molecule has 0 saturated carbocycles. The zero-order valence-corrected chi connectivity index (χ0v) is 18.3. The van der Waals surface area contributed by atoms with Crippen molar-refractivity contribution in [2.75, 3.05) is 62.2 Å². The average Bonchev–Trinajstić information content (AvgIpc) is 2.76. The fourth-order valence-corrected chi connectivity index (χ4v) is 4.94. The number of imide groups is 1. The molecule has 0 spiro atoms. The normalized spacial score (nSPS) is 21.8. The van der Waals surface area contributed by atoms with Gasteiger partial charge in [0.05, 0.1) is 10.7 Å². The molecule has 164 valence electrons. The molecule has 7 nitrogen and oxygen atoms in total. The first-order valence-corrected chi connectivity index (χ1v) is 11.6. The molecule has 3 heterocycles. The van der Waals surface area contributed by atoms with E-state index in [-0.39, 0.29) is 5.91 Å². The van der Waals surface area contributed by atoms with Crippen molar-refractivity contribution in [3.63, 3.8) is 0 Å². The monoisotopic (exact) mass is 433 g/mol. The summed E-state index contributed by atoms with van der Waals surface area (Å²) in [4.78, 5) is 30.2. The SMILES string of the molecule is O=C1CCN(c2cc(N3CCC(CCCN4CCNCC4)CC3)ccc2Cl)C(=O)N1. The number of nitrogens with zero attached hydrogens (tertiary/aromatic N) is 3. The van der Waals surface area contributed by atoms with Gasteiger partial charge < -0.3 is 15.1 Å². The van der Waals surface area contributed by atoms with Crippen molar-refractivity contribution in [1.29, 1.82) is 0 Å². The number of piperazine rings is 1. The van der Waals surface area contributed by atoms with Gasteiger partial charge in [0, 0.05) is 57.9 Å². The van der Waals surface area contributed by atoms with Gasteiger partial charge in [-0.2, -0.15) is 0 Å². The Morgan fingerprint density at radius 1 is 1.03 bits per heavy atom. The second-order valence-corrected chi connectivity index (χ2v) is 8.96. The van der Waals surface area contributed by atoms with Crippen molar-refractivity contribution < 1.29 is 9.59 Å². The van der Waals surface area contributed by atoms with E-state index in [1.807, 2.05) is 18.2 Å². The molecule has 3 fully saturated rings. The third kappa shape index (κ3) is 5.25. The van der Waals surface area contributed by atoms with Crippen LogP contribution in [0.4, 0.5) is 16.2 Å². The lowest BCUT2D eigenvalue weighted by atomic mass is 9.91. The highest BCUT2D eigenvalue weighted by atomic mass is 35.5. The molecule has 0 atom stereocenters. The van der Waals surface area contributed by atoms with Gasteiger partial charge in [-0.1, -0.05) is 11.6 Å². The molecule has 3 aliphatic heterocycles. The van der Waals surface area contributed by atoms with E-state index in [4.69, 9.17) is 11.6 Å². The van der Waals surface area contributed by atoms with Gasteiger partial charge in [-0.3, -0.25) is 15.0 Å². The Hall–Kier alpha value is -1.83. The Balaban J connectivity index is 1.29. The number of hydrogen-bond donors (Lipinski definition) is 2. The van der Waals surface area contributed by atoms with Gasteiger partial charge in [-0.25, -0.2) is 4.79 Å².